The highest BCUT2D eigenvalue weighted by Gasteiger charge is 2.29. The average Bonchev–Trinajstić information content (AvgIpc) is 2.39. The second kappa shape index (κ2) is 6.75. The normalized spacial score (nSPS) is 28.1. The van der Waals surface area contributed by atoms with Crippen LogP contribution in [0.3, 0.4) is 0 Å². The molecule has 1 fully saturated rings. The van der Waals surface area contributed by atoms with Gasteiger partial charge in [-0.3, -0.25) is 4.90 Å². The number of rotatable bonds is 4. The minimum atomic E-state index is 0.610. The summed E-state index contributed by atoms with van der Waals surface area (Å²) < 4.78 is 0. The fraction of sp³-hybridized carbons (Fsp3) is 1.00. The predicted molar refractivity (Wildman–Crippen MR) is 76.4 cm³/mol. The minimum absolute atomic E-state index is 0.610. The summed E-state index contributed by atoms with van der Waals surface area (Å²) in [5.41, 5.74) is 0. The van der Waals surface area contributed by atoms with Crippen LogP contribution in [0.5, 0.6) is 0 Å². The molecule has 0 spiro atoms. The fourth-order valence-corrected chi connectivity index (χ4v) is 3.15. The molecule has 0 amide bonds. The summed E-state index contributed by atoms with van der Waals surface area (Å²) in [7, 11) is 0. The van der Waals surface area contributed by atoms with Gasteiger partial charge in [0.15, 0.2) is 0 Å². The summed E-state index contributed by atoms with van der Waals surface area (Å²) in [5, 5.41) is 3.74. The van der Waals surface area contributed by atoms with E-state index in [0.29, 0.717) is 18.1 Å². The van der Waals surface area contributed by atoms with Crippen molar-refractivity contribution in [2.75, 3.05) is 6.54 Å². The molecule has 0 bridgehead atoms. The van der Waals surface area contributed by atoms with Crippen molar-refractivity contribution >= 4 is 0 Å². The molecule has 102 valence electrons. The molecule has 1 aliphatic rings. The monoisotopic (exact) mass is 240 g/mol. The lowest BCUT2D eigenvalue weighted by atomic mass is 9.94. The number of hydrogen-bond acceptors (Lipinski definition) is 2. The maximum Gasteiger partial charge on any atom is 0.0136 e. The molecule has 17 heavy (non-hydrogen) atoms. The summed E-state index contributed by atoms with van der Waals surface area (Å²) in [6.07, 6.45) is 3.99. The van der Waals surface area contributed by atoms with Crippen molar-refractivity contribution in [3.63, 3.8) is 0 Å². The highest BCUT2D eigenvalue weighted by atomic mass is 15.2. The summed E-state index contributed by atoms with van der Waals surface area (Å²) >= 11 is 0. The van der Waals surface area contributed by atoms with Crippen LogP contribution < -0.4 is 5.32 Å². The Morgan fingerprint density at radius 2 is 1.71 bits per heavy atom. The molecule has 1 rings (SSSR count). The van der Waals surface area contributed by atoms with Crippen molar-refractivity contribution < 1.29 is 0 Å². The van der Waals surface area contributed by atoms with Crippen LogP contribution in [0.2, 0.25) is 0 Å². The molecule has 2 heteroatoms. The molecule has 1 unspecified atom stereocenters. The molecule has 0 radical (unpaired) electrons. The van der Waals surface area contributed by atoms with Crippen molar-refractivity contribution in [3.8, 4) is 0 Å². The summed E-state index contributed by atoms with van der Waals surface area (Å²) in [6.45, 7) is 15.2. The third kappa shape index (κ3) is 4.59. The molecule has 0 aromatic rings. The zero-order chi connectivity index (χ0) is 13.0. The molecular formula is C15H32N2. The van der Waals surface area contributed by atoms with E-state index in [0.717, 1.165) is 12.0 Å². The number of nitrogens with zero attached hydrogens (tertiary/aromatic N) is 1. The van der Waals surface area contributed by atoms with Crippen LogP contribution in [0.25, 0.3) is 0 Å². The van der Waals surface area contributed by atoms with Gasteiger partial charge in [-0.05, 0) is 45.6 Å². The average molecular weight is 240 g/mol. The SMILES string of the molecule is CC(C)NC1CCCN(C(C)C)[C@H](C(C)C)C1. The Morgan fingerprint density at radius 1 is 1.06 bits per heavy atom. The van der Waals surface area contributed by atoms with E-state index in [1.807, 2.05) is 0 Å². The van der Waals surface area contributed by atoms with E-state index in [1.54, 1.807) is 0 Å². The van der Waals surface area contributed by atoms with Crippen LogP contribution in [-0.2, 0) is 0 Å². The first kappa shape index (κ1) is 15.0. The van der Waals surface area contributed by atoms with Gasteiger partial charge in [-0.1, -0.05) is 27.7 Å². The Bertz CT molecular complexity index is 211. The zero-order valence-corrected chi connectivity index (χ0v) is 12.7. The smallest absolute Gasteiger partial charge is 0.0136 e. The van der Waals surface area contributed by atoms with Gasteiger partial charge in [0.05, 0.1) is 0 Å². The second-order valence-electron chi connectivity index (χ2n) is 6.54. The van der Waals surface area contributed by atoms with Gasteiger partial charge < -0.3 is 5.32 Å². The van der Waals surface area contributed by atoms with Gasteiger partial charge in [0.1, 0.15) is 0 Å². The van der Waals surface area contributed by atoms with Gasteiger partial charge in [0.2, 0.25) is 0 Å². The van der Waals surface area contributed by atoms with Crippen LogP contribution >= 0.6 is 0 Å². The topological polar surface area (TPSA) is 15.3 Å². The Hall–Kier alpha value is -0.0800. The lowest BCUT2D eigenvalue weighted by Crippen LogP contribution is -2.45. The lowest BCUT2D eigenvalue weighted by Gasteiger charge is -2.37. The van der Waals surface area contributed by atoms with Gasteiger partial charge in [-0.2, -0.15) is 0 Å². The maximum absolute atomic E-state index is 3.74. The zero-order valence-electron chi connectivity index (χ0n) is 12.7. The van der Waals surface area contributed by atoms with E-state index >= 15 is 0 Å². The fourth-order valence-electron chi connectivity index (χ4n) is 3.15. The van der Waals surface area contributed by atoms with E-state index in [9.17, 15) is 0 Å². The summed E-state index contributed by atoms with van der Waals surface area (Å²) in [4.78, 5) is 2.71. The van der Waals surface area contributed by atoms with Gasteiger partial charge in [0.25, 0.3) is 0 Å². The largest absolute Gasteiger partial charge is 0.312 e. The van der Waals surface area contributed by atoms with Crippen LogP contribution in [0.1, 0.15) is 60.8 Å². The summed E-state index contributed by atoms with van der Waals surface area (Å²) in [5.74, 6) is 0.756. The van der Waals surface area contributed by atoms with Crippen molar-refractivity contribution in [2.45, 2.75) is 85.0 Å². The molecule has 1 heterocycles. The third-order valence-electron chi connectivity index (χ3n) is 3.92. The van der Waals surface area contributed by atoms with Crippen molar-refractivity contribution in [1.29, 1.82) is 0 Å². The van der Waals surface area contributed by atoms with Gasteiger partial charge in [-0.15, -0.1) is 0 Å². The second-order valence-corrected chi connectivity index (χ2v) is 6.54. The first-order chi connectivity index (χ1) is 7.91. The van der Waals surface area contributed by atoms with Crippen molar-refractivity contribution in [1.82, 2.24) is 10.2 Å². The van der Waals surface area contributed by atoms with Gasteiger partial charge in [-0.25, -0.2) is 0 Å². The first-order valence-electron chi connectivity index (χ1n) is 7.43. The molecule has 1 aliphatic heterocycles. The van der Waals surface area contributed by atoms with Gasteiger partial charge in [0, 0.05) is 24.2 Å². The minimum Gasteiger partial charge on any atom is -0.312 e. The van der Waals surface area contributed by atoms with Crippen molar-refractivity contribution in [2.24, 2.45) is 5.92 Å². The number of likely N-dealkylation sites (tertiary alicyclic amines) is 1. The molecule has 0 saturated carbocycles. The molecule has 0 aliphatic carbocycles. The van der Waals surface area contributed by atoms with Crippen LogP contribution in [0.4, 0.5) is 0 Å². The van der Waals surface area contributed by atoms with Crippen LogP contribution in [-0.4, -0.2) is 35.6 Å². The van der Waals surface area contributed by atoms with Crippen LogP contribution in [0.15, 0.2) is 0 Å². The predicted octanol–water partition coefficient (Wildman–Crippen LogP) is 3.27. The molecular weight excluding hydrogens is 208 g/mol. The Kier molecular flexibility index (Phi) is 5.94. The highest BCUT2D eigenvalue weighted by molar-refractivity contribution is 4.86. The number of nitrogens with one attached hydrogen (secondary N) is 1. The molecule has 1 N–H and O–H groups in total. The van der Waals surface area contributed by atoms with E-state index < -0.39 is 0 Å². The molecule has 0 aromatic heterocycles. The van der Waals surface area contributed by atoms with Crippen LogP contribution in [0, 0.1) is 5.92 Å². The molecule has 2 atom stereocenters. The standard InChI is InChI=1S/C15H32N2/c1-11(2)15-10-14(16-12(3)4)8-7-9-17(15)13(5)6/h11-16H,7-10H2,1-6H3/t14?,15-/m0/s1. The Labute approximate surface area is 108 Å². The molecule has 2 nitrogen and oxygen atoms in total. The summed E-state index contributed by atoms with van der Waals surface area (Å²) in [6, 6.07) is 2.75. The lowest BCUT2D eigenvalue weighted by molar-refractivity contribution is 0.116. The van der Waals surface area contributed by atoms with E-state index in [4.69, 9.17) is 0 Å². The molecule has 0 aromatic carbocycles. The highest BCUT2D eigenvalue weighted by Crippen LogP contribution is 2.25. The van der Waals surface area contributed by atoms with Crippen molar-refractivity contribution in [3.05, 3.63) is 0 Å². The number of hydrogen-bond donors (Lipinski definition) is 1. The van der Waals surface area contributed by atoms with E-state index in [2.05, 4.69) is 51.8 Å². The maximum atomic E-state index is 3.74. The van der Waals surface area contributed by atoms with E-state index in [1.165, 1.54) is 25.8 Å². The Morgan fingerprint density at radius 3 is 2.18 bits per heavy atom. The van der Waals surface area contributed by atoms with E-state index in [-0.39, 0.29) is 0 Å². The quantitative estimate of drug-likeness (QED) is 0.811. The third-order valence-corrected chi connectivity index (χ3v) is 3.92. The first-order valence-corrected chi connectivity index (χ1v) is 7.43. The van der Waals surface area contributed by atoms with Gasteiger partial charge >= 0.3 is 0 Å². The molecule has 1 saturated heterocycles. The Balaban J connectivity index is 2.68.